The lowest BCUT2D eigenvalue weighted by Crippen LogP contribution is -1.82. The van der Waals surface area contributed by atoms with Gasteiger partial charge < -0.3 is 0 Å². The minimum atomic E-state index is -0.149. The molecule has 0 heterocycles. The Kier molecular flexibility index (Phi) is 3.07. The minimum Gasteiger partial charge on any atom is -0.206 e. The molecule has 0 unspecified atom stereocenters. The second-order valence-corrected chi connectivity index (χ2v) is 4.46. The van der Waals surface area contributed by atoms with E-state index in [9.17, 15) is 4.39 Å². The van der Waals surface area contributed by atoms with E-state index in [0.29, 0.717) is 4.90 Å². The van der Waals surface area contributed by atoms with Crippen LogP contribution < -0.4 is 0 Å². The SMILES string of the molecule is Cc1ccc(Sc2ccccc2)c(F)c1. The first-order chi connectivity index (χ1) is 7.25. The van der Waals surface area contributed by atoms with E-state index in [4.69, 9.17) is 0 Å². The van der Waals surface area contributed by atoms with Crippen molar-refractivity contribution in [1.29, 1.82) is 0 Å². The molecule has 0 spiro atoms. The molecule has 0 saturated heterocycles. The van der Waals surface area contributed by atoms with Crippen molar-refractivity contribution in [2.24, 2.45) is 0 Å². The molecule has 0 aliphatic carbocycles. The summed E-state index contributed by atoms with van der Waals surface area (Å²) < 4.78 is 13.5. The lowest BCUT2D eigenvalue weighted by molar-refractivity contribution is 0.600. The minimum absolute atomic E-state index is 0.149. The summed E-state index contributed by atoms with van der Waals surface area (Å²) in [6.07, 6.45) is 0. The summed E-state index contributed by atoms with van der Waals surface area (Å²) in [7, 11) is 0. The summed E-state index contributed by atoms with van der Waals surface area (Å²) in [5, 5.41) is 0. The zero-order chi connectivity index (χ0) is 10.7. The Bertz CT molecular complexity index is 451. The predicted molar refractivity (Wildman–Crippen MR) is 61.7 cm³/mol. The highest BCUT2D eigenvalue weighted by atomic mass is 32.2. The topological polar surface area (TPSA) is 0 Å². The third kappa shape index (κ3) is 2.60. The van der Waals surface area contributed by atoms with Crippen LogP contribution in [0.2, 0.25) is 0 Å². The third-order valence-corrected chi connectivity index (χ3v) is 3.12. The standard InChI is InChI=1S/C13H11FS/c1-10-7-8-13(12(14)9-10)15-11-5-3-2-4-6-11/h2-9H,1H3. The van der Waals surface area contributed by atoms with Crippen molar-refractivity contribution in [3.05, 3.63) is 59.9 Å². The number of hydrogen-bond acceptors (Lipinski definition) is 1. The van der Waals surface area contributed by atoms with Crippen molar-refractivity contribution in [1.82, 2.24) is 0 Å². The molecule has 76 valence electrons. The normalized spacial score (nSPS) is 10.3. The molecule has 0 fully saturated rings. The van der Waals surface area contributed by atoms with E-state index in [0.717, 1.165) is 10.5 Å². The van der Waals surface area contributed by atoms with Gasteiger partial charge in [0, 0.05) is 9.79 Å². The van der Waals surface area contributed by atoms with Crippen LogP contribution in [0, 0.1) is 12.7 Å². The van der Waals surface area contributed by atoms with Crippen LogP contribution in [0.5, 0.6) is 0 Å². The number of hydrogen-bond donors (Lipinski definition) is 0. The zero-order valence-corrected chi connectivity index (χ0v) is 9.22. The molecule has 0 amide bonds. The van der Waals surface area contributed by atoms with Gasteiger partial charge in [0.15, 0.2) is 0 Å². The highest BCUT2D eigenvalue weighted by Crippen LogP contribution is 2.29. The van der Waals surface area contributed by atoms with Crippen LogP contribution in [0.1, 0.15) is 5.56 Å². The Morgan fingerprint density at radius 1 is 1.00 bits per heavy atom. The largest absolute Gasteiger partial charge is 0.206 e. The number of rotatable bonds is 2. The average molecular weight is 218 g/mol. The Morgan fingerprint density at radius 2 is 1.73 bits per heavy atom. The summed E-state index contributed by atoms with van der Waals surface area (Å²) in [5.74, 6) is -0.149. The van der Waals surface area contributed by atoms with Gasteiger partial charge in [-0.2, -0.15) is 0 Å². The van der Waals surface area contributed by atoms with E-state index in [-0.39, 0.29) is 5.82 Å². The molecular weight excluding hydrogens is 207 g/mol. The molecule has 15 heavy (non-hydrogen) atoms. The Hall–Kier alpha value is -1.28. The number of aryl methyl sites for hydroxylation is 1. The van der Waals surface area contributed by atoms with E-state index in [1.807, 2.05) is 49.4 Å². The maximum atomic E-state index is 13.5. The van der Waals surface area contributed by atoms with Crippen LogP contribution in [-0.2, 0) is 0 Å². The molecule has 0 aromatic heterocycles. The molecule has 0 N–H and O–H groups in total. The molecule has 2 heteroatoms. The lowest BCUT2D eigenvalue weighted by atomic mass is 10.2. The predicted octanol–water partition coefficient (Wildman–Crippen LogP) is 4.29. The molecule has 0 nitrogen and oxygen atoms in total. The summed E-state index contributed by atoms with van der Waals surface area (Å²) in [6, 6.07) is 15.1. The van der Waals surface area contributed by atoms with Crippen molar-refractivity contribution in [3.63, 3.8) is 0 Å². The smallest absolute Gasteiger partial charge is 0.137 e. The quantitative estimate of drug-likeness (QED) is 0.724. The average Bonchev–Trinajstić information content (AvgIpc) is 2.24. The molecular formula is C13H11FS. The van der Waals surface area contributed by atoms with Gasteiger partial charge in [-0.25, -0.2) is 4.39 Å². The fourth-order valence-electron chi connectivity index (χ4n) is 1.30. The van der Waals surface area contributed by atoms with E-state index in [1.54, 1.807) is 6.07 Å². The first kappa shape index (κ1) is 10.2. The molecule has 0 radical (unpaired) electrons. The van der Waals surface area contributed by atoms with Gasteiger partial charge in [0.25, 0.3) is 0 Å². The van der Waals surface area contributed by atoms with E-state index < -0.39 is 0 Å². The highest BCUT2D eigenvalue weighted by molar-refractivity contribution is 7.99. The maximum absolute atomic E-state index is 13.5. The third-order valence-electron chi connectivity index (χ3n) is 2.06. The van der Waals surface area contributed by atoms with Crippen LogP contribution >= 0.6 is 11.8 Å². The van der Waals surface area contributed by atoms with Gasteiger partial charge in [-0.3, -0.25) is 0 Å². The highest BCUT2D eigenvalue weighted by Gasteiger charge is 2.03. The molecule has 0 aliphatic heterocycles. The lowest BCUT2D eigenvalue weighted by Gasteiger charge is -2.03. The van der Waals surface area contributed by atoms with E-state index in [2.05, 4.69) is 0 Å². The van der Waals surface area contributed by atoms with E-state index in [1.165, 1.54) is 11.8 Å². The van der Waals surface area contributed by atoms with E-state index >= 15 is 0 Å². The maximum Gasteiger partial charge on any atom is 0.137 e. The molecule has 2 aromatic carbocycles. The van der Waals surface area contributed by atoms with Crippen molar-refractivity contribution in [3.8, 4) is 0 Å². The van der Waals surface area contributed by atoms with Crippen LogP contribution in [0.15, 0.2) is 58.3 Å². The van der Waals surface area contributed by atoms with Gasteiger partial charge in [0.05, 0.1) is 0 Å². The second kappa shape index (κ2) is 4.49. The molecule has 0 atom stereocenters. The van der Waals surface area contributed by atoms with Crippen LogP contribution in [0.4, 0.5) is 4.39 Å². The Morgan fingerprint density at radius 3 is 2.40 bits per heavy atom. The second-order valence-electron chi connectivity index (χ2n) is 3.35. The molecule has 0 saturated carbocycles. The molecule has 0 bridgehead atoms. The van der Waals surface area contributed by atoms with Gasteiger partial charge in [-0.1, -0.05) is 36.0 Å². The Labute approximate surface area is 93.1 Å². The van der Waals surface area contributed by atoms with Crippen molar-refractivity contribution >= 4 is 11.8 Å². The first-order valence-electron chi connectivity index (χ1n) is 4.75. The van der Waals surface area contributed by atoms with Gasteiger partial charge in [-0.15, -0.1) is 0 Å². The molecule has 2 rings (SSSR count). The summed E-state index contributed by atoms with van der Waals surface area (Å²) in [4.78, 5) is 1.73. The zero-order valence-electron chi connectivity index (χ0n) is 8.41. The monoisotopic (exact) mass is 218 g/mol. The number of halogens is 1. The summed E-state index contributed by atoms with van der Waals surface area (Å²) in [5.41, 5.74) is 0.949. The molecule has 2 aromatic rings. The number of benzene rings is 2. The van der Waals surface area contributed by atoms with Crippen LogP contribution in [0.25, 0.3) is 0 Å². The molecule has 0 aliphatic rings. The van der Waals surface area contributed by atoms with Crippen molar-refractivity contribution in [2.75, 3.05) is 0 Å². The van der Waals surface area contributed by atoms with Gasteiger partial charge in [0.2, 0.25) is 0 Å². The summed E-state index contributed by atoms with van der Waals surface area (Å²) >= 11 is 1.45. The van der Waals surface area contributed by atoms with Crippen molar-refractivity contribution in [2.45, 2.75) is 16.7 Å². The first-order valence-corrected chi connectivity index (χ1v) is 5.56. The fourth-order valence-corrected chi connectivity index (χ4v) is 2.14. The fraction of sp³-hybridized carbons (Fsp3) is 0.0769. The van der Waals surface area contributed by atoms with Crippen LogP contribution in [0.3, 0.4) is 0 Å². The van der Waals surface area contributed by atoms with Crippen LogP contribution in [-0.4, -0.2) is 0 Å². The van der Waals surface area contributed by atoms with Gasteiger partial charge >= 0.3 is 0 Å². The van der Waals surface area contributed by atoms with Gasteiger partial charge in [0.1, 0.15) is 5.82 Å². The summed E-state index contributed by atoms with van der Waals surface area (Å²) in [6.45, 7) is 1.89. The van der Waals surface area contributed by atoms with Crippen molar-refractivity contribution < 1.29 is 4.39 Å². The Balaban J connectivity index is 2.25. The van der Waals surface area contributed by atoms with Gasteiger partial charge in [-0.05, 0) is 36.8 Å².